The van der Waals surface area contributed by atoms with E-state index < -0.39 is 6.09 Å². The van der Waals surface area contributed by atoms with E-state index >= 15 is 0 Å². The van der Waals surface area contributed by atoms with Crippen LogP contribution >= 0.6 is 0 Å². The quantitative estimate of drug-likeness (QED) is 0.754. The molecule has 0 atom stereocenters. The van der Waals surface area contributed by atoms with Gasteiger partial charge < -0.3 is 14.7 Å². The second-order valence-corrected chi connectivity index (χ2v) is 4.55. The van der Waals surface area contributed by atoms with Crippen molar-refractivity contribution in [3.8, 4) is 0 Å². The Morgan fingerprint density at radius 1 is 1.47 bits per heavy atom. The van der Waals surface area contributed by atoms with Gasteiger partial charge in [-0.1, -0.05) is 0 Å². The van der Waals surface area contributed by atoms with E-state index in [9.17, 15) is 4.79 Å². The molecule has 1 heterocycles. The van der Waals surface area contributed by atoms with Crippen LogP contribution in [0.15, 0.2) is 0 Å². The van der Waals surface area contributed by atoms with Crippen molar-refractivity contribution in [2.24, 2.45) is 0 Å². The largest absolute Gasteiger partial charge is 0.465 e. The summed E-state index contributed by atoms with van der Waals surface area (Å²) in [7, 11) is 1.60. The third-order valence-corrected chi connectivity index (χ3v) is 2.82. The summed E-state index contributed by atoms with van der Waals surface area (Å²) in [6.45, 7) is 7.87. The molecular weight excluding hydrogens is 196 g/mol. The molecule has 1 N–H and O–H groups in total. The van der Waals surface area contributed by atoms with E-state index in [1.54, 1.807) is 7.05 Å². The van der Waals surface area contributed by atoms with E-state index in [2.05, 4.69) is 18.7 Å². The number of rotatable bonds is 3. The van der Waals surface area contributed by atoms with Crippen molar-refractivity contribution in [1.82, 2.24) is 9.80 Å². The van der Waals surface area contributed by atoms with Crippen LogP contribution in [0.3, 0.4) is 0 Å². The number of carboxylic acid groups (broad SMARTS) is 1. The van der Waals surface area contributed by atoms with Crippen LogP contribution in [0.2, 0.25) is 0 Å². The molecular formula is C10H20N2O3. The Balaban J connectivity index is 2.52. The Morgan fingerprint density at radius 2 is 2.00 bits per heavy atom. The molecule has 0 unspecified atom stereocenters. The smallest absolute Gasteiger partial charge is 0.407 e. The molecule has 1 aliphatic rings. The van der Waals surface area contributed by atoms with E-state index in [-0.39, 0.29) is 5.54 Å². The monoisotopic (exact) mass is 216 g/mol. The summed E-state index contributed by atoms with van der Waals surface area (Å²) in [5.74, 6) is 0. The zero-order valence-corrected chi connectivity index (χ0v) is 9.69. The average molecular weight is 216 g/mol. The molecule has 1 saturated heterocycles. The number of ether oxygens (including phenoxy) is 1. The molecule has 0 saturated carbocycles. The molecule has 15 heavy (non-hydrogen) atoms. The number of nitrogens with zero attached hydrogens (tertiary/aromatic N) is 2. The number of morpholine rings is 1. The van der Waals surface area contributed by atoms with Gasteiger partial charge in [0.05, 0.1) is 13.2 Å². The lowest BCUT2D eigenvalue weighted by atomic mass is 10.0. The zero-order chi connectivity index (χ0) is 11.5. The molecule has 1 rings (SSSR count). The Morgan fingerprint density at radius 3 is 2.47 bits per heavy atom. The van der Waals surface area contributed by atoms with Gasteiger partial charge in [0.2, 0.25) is 0 Å². The Labute approximate surface area is 90.6 Å². The van der Waals surface area contributed by atoms with E-state index in [1.165, 1.54) is 4.90 Å². The van der Waals surface area contributed by atoms with Gasteiger partial charge in [-0.15, -0.1) is 0 Å². The highest BCUT2D eigenvalue weighted by molar-refractivity contribution is 5.64. The summed E-state index contributed by atoms with van der Waals surface area (Å²) in [6.07, 6.45) is -0.878. The fourth-order valence-corrected chi connectivity index (χ4v) is 1.92. The predicted molar refractivity (Wildman–Crippen MR) is 57.1 cm³/mol. The molecule has 0 aliphatic carbocycles. The fraction of sp³-hybridized carbons (Fsp3) is 0.900. The maximum absolute atomic E-state index is 10.7. The van der Waals surface area contributed by atoms with E-state index in [0.29, 0.717) is 6.54 Å². The van der Waals surface area contributed by atoms with Crippen LogP contribution in [0.4, 0.5) is 4.79 Å². The molecule has 0 spiro atoms. The van der Waals surface area contributed by atoms with E-state index in [1.807, 2.05) is 0 Å². The SMILES string of the molecule is CN(CC(C)(C)N1CCOCC1)C(=O)O. The van der Waals surface area contributed by atoms with Crippen LogP contribution in [0.5, 0.6) is 0 Å². The van der Waals surface area contributed by atoms with Crippen LogP contribution in [0.25, 0.3) is 0 Å². The standard InChI is InChI=1S/C10H20N2O3/c1-10(2,8-11(3)9(13)14)12-4-6-15-7-5-12/h4-8H2,1-3H3,(H,13,14). The lowest BCUT2D eigenvalue weighted by Gasteiger charge is -2.42. The molecule has 1 amide bonds. The van der Waals surface area contributed by atoms with Crippen LogP contribution in [0, 0.1) is 0 Å². The summed E-state index contributed by atoms with van der Waals surface area (Å²) < 4.78 is 5.28. The minimum Gasteiger partial charge on any atom is -0.465 e. The summed E-state index contributed by atoms with van der Waals surface area (Å²) >= 11 is 0. The van der Waals surface area contributed by atoms with Gasteiger partial charge in [-0.05, 0) is 13.8 Å². The topological polar surface area (TPSA) is 53.0 Å². The van der Waals surface area contributed by atoms with Crippen molar-refractivity contribution in [3.63, 3.8) is 0 Å². The lowest BCUT2D eigenvalue weighted by Crippen LogP contribution is -2.55. The molecule has 5 nitrogen and oxygen atoms in total. The minimum atomic E-state index is -0.878. The van der Waals surface area contributed by atoms with Gasteiger partial charge in [0.15, 0.2) is 0 Å². The molecule has 0 radical (unpaired) electrons. The maximum atomic E-state index is 10.7. The highest BCUT2D eigenvalue weighted by Gasteiger charge is 2.30. The third kappa shape index (κ3) is 3.35. The van der Waals surface area contributed by atoms with Gasteiger partial charge in [0.25, 0.3) is 0 Å². The molecule has 1 aliphatic heterocycles. The van der Waals surface area contributed by atoms with Gasteiger partial charge in [-0.25, -0.2) is 4.79 Å². The maximum Gasteiger partial charge on any atom is 0.407 e. The van der Waals surface area contributed by atoms with Gasteiger partial charge in [-0.3, -0.25) is 4.90 Å². The van der Waals surface area contributed by atoms with Crippen LogP contribution < -0.4 is 0 Å². The van der Waals surface area contributed by atoms with Crippen LogP contribution in [-0.4, -0.2) is 66.4 Å². The molecule has 0 aromatic carbocycles. The summed E-state index contributed by atoms with van der Waals surface area (Å²) in [6, 6.07) is 0. The van der Waals surface area contributed by atoms with Crippen molar-refractivity contribution >= 4 is 6.09 Å². The molecule has 5 heteroatoms. The summed E-state index contributed by atoms with van der Waals surface area (Å²) in [5.41, 5.74) is -0.128. The van der Waals surface area contributed by atoms with Crippen LogP contribution in [0.1, 0.15) is 13.8 Å². The number of hydrogen-bond donors (Lipinski definition) is 1. The van der Waals surface area contributed by atoms with Crippen molar-refractivity contribution in [3.05, 3.63) is 0 Å². The van der Waals surface area contributed by atoms with Crippen molar-refractivity contribution in [2.45, 2.75) is 19.4 Å². The first kappa shape index (κ1) is 12.3. The second kappa shape index (κ2) is 4.81. The Hall–Kier alpha value is -0.810. The molecule has 0 bridgehead atoms. The van der Waals surface area contributed by atoms with E-state index in [4.69, 9.17) is 9.84 Å². The highest BCUT2D eigenvalue weighted by atomic mass is 16.5. The number of hydrogen-bond acceptors (Lipinski definition) is 3. The molecule has 0 aromatic rings. The van der Waals surface area contributed by atoms with Crippen LogP contribution in [-0.2, 0) is 4.74 Å². The lowest BCUT2D eigenvalue weighted by molar-refractivity contribution is -0.0179. The molecule has 88 valence electrons. The van der Waals surface area contributed by atoms with Crippen molar-refractivity contribution in [2.75, 3.05) is 39.9 Å². The zero-order valence-electron chi connectivity index (χ0n) is 9.69. The predicted octanol–water partition coefficient (Wildman–Crippen LogP) is 0.707. The van der Waals surface area contributed by atoms with Gasteiger partial charge in [0.1, 0.15) is 0 Å². The van der Waals surface area contributed by atoms with Crippen molar-refractivity contribution < 1.29 is 14.6 Å². The number of amides is 1. The second-order valence-electron chi connectivity index (χ2n) is 4.55. The number of likely N-dealkylation sites (N-methyl/N-ethyl adjacent to an activating group) is 1. The average Bonchev–Trinajstić information content (AvgIpc) is 2.18. The van der Waals surface area contributed by atoms with Crippen molar-refractivity contribution in [1.29, 1.82) is 0 Å². The first-order valence-electron chi connectivity index (χ1n) is 5.20. The van der Waals surface area contributed by atoms with Gasteiger partial charge in [0, 0.05) is 32.2 Å². The van der Waals surface area contributed by atoms with Gasteiger partial charge in [-0.2, -0.15) is 0 Å². The van der Waals surface area contributed by atoms with E-state index in [0.717, 1.165) is 26.3 Å². The summed E-state index contributed by atoms with van der Waals surface area (Å²) in [4.78, 5) is 14.3. The Kier molecular flexibility index (Phi) is 3.93. The minimum absolute atomic E-state index is 0.128. The summed E-state index contributed by atoms with van der Waals surface area (Å²) in [5, 5.41) is 8.83. The normalized spacial score (nSPS) is 18.9. The first-order chi connectivity index (χ1) is 6.93. The molecule has 1 fully saturated rings. The Bertz CT molecular complexity index is 225. The molecule has 0 aromatic heterocycles. The number of carbonyl (C=O) groups is 1. The van der Waals surface area contributed by atoms with Gasteiger partial charge >= 0.3 is 6.09 Å². The highest BCUT2D eigenvalue weighted by Crippen LogP contribution is 2.17. The third-order valence-electron chi connectivity index (χ3n) is 2.82. The fourth-order valence-electron chi connectivity index (χ4n) is 1.92. The first-order valence-corrected chi connectivity index (χ1v) is 5.20.